The highest BCUT2D eigenvalue weighted by Crippen LogP contribution is 2.35. The summed E-state index contributed by atoms with van der Waals surface area (Å²) in [7, 11) is 0. The highest BCUT2D eigenvalue weighted by molar-refractivity contribution is 5.41. The normalized spacial score (nSPS) is 18.2. The first kappa shape index (κ1) is 14.0. The second kappa shape index (κ2) is 6.14. The average Bonchev–Trinajstić information content (AvgIpc) is 2.77. The van der Waals surface area contributed by atoms with Crippen LogP contribution in [0.5, 0.6) is 0 Å². The van der Waals surface area contributed by atoms with Crippen molar-refractivity contribution in [1.82, 2.24) is 9.55 Å². The molecule has 1 aromatic heterocycles. The van der Waals surface area contributed by atoms with Crippen LogP contribution in [0.25, 0.3) is 0 Å². The number of anilines is 1. The van der Waals surface area contributed by atoms with Gasteiger partial charge in [-0.25, -0.2) is 4.98 Å². The van der Waals surface area contributed by atoms with Gasteiger partial charge in [0.15, 0.2) is 0 Å². The molecule has 0 aliphatic heterocycles. The summed E-state index contributed by atoms with van der Waals surface area (Å²) in [6.07, 6.45) is 12.9. The molecule has 1 saturated carbocycles. The molecule has 3 nitrogen and oxygen atoms in total. The molecule has 3 heteroatoms. The van der Waals surface area contributed by atoms with Crippen LogP contribution in [-0.4, -0.2) is 9.55 Å². The first-order chi connectivity index (χ1) is 9.19. The zero-order valence-corrected chi connectivity index (χ0v) is 12.2. The number of nitrogens with zero attached hydrogens (tertiary/aromatic N) is 2. The summed E-state index contributed by atoms with van der Waals surface area (Å²) in [5.74, 6) is 5.58. The number of hydrogen-bond donors (Lipinski definition) is 1. The van der Waals surface area contributed by atoms with Gasteiger partial charge >= 0.3 is 0 Å². The number of nitrogen functional groups attached to an aromatic ring is 1. The van der Waals surface area contributed by atoms with Crippen LogP contribution in [0, 0.1) is 12.3 Å². The van der Waals surface area contributed by atoms with E-state index in [0.29, 0.717) is 18.4 Å². The number of terminal acetylenes is 1. The van der Waals surface area contributed by atoms with Crippen molar-refractivity contribution >= 4 is 5.82 Å². The Morgan fingerprint density at radius 1 is 1.42 bits per heavy atom. The van der Waals surface area contributed by atoms with Crippen LogP contribution < -0.4 is 5.73 Å². The maximum absolute atomic E-state index is 6.28. The molecule has 0 aromatic carbocycles. The monoisotopic (exact) mass is 259 g/mol. The molecular formula is C16H25N3. The lowest BCUT2D eigenvalue weighted by atomic mass is 9.88. The first-order valence-electron chi connectivity index (χ1n) is 7.48. The third-order valence-electron chi connectivity index (χ3n) is 4.36. The van der Waals surface area contributed by atoms with Gasteiger partial charge in [0.1, 0.15) is 11.6 Å². The largest absolute Gasteiger partial charge is 0.384 e. The van der Waals surface area contributed by atoms with E-state index in [1.54, 1.807) is 0 Å². The standard InChI is InChI=1S/C16H25N3/c1-4-11-19-15(17)14(12(3)5-2)18-16(19)13-9-7-6-8-10-13/h1,12-13H,5-11,17H2,2-3H3. The lowest BCUT2D eigenvalue weighted by Gasteiger charge is -2.21. The van der Waals surface area contributed by atoms with Gasteiger partial charge in [-0.05, 0) is 19.3 Å². The molecule has 1 atom stereocenters. The Hall–Kier alpha value is -1.43. The second-order valence-electron chi connectivity index (χ2n) is 5.67. The molecule has 2 rings (SSSR count). The van der Waals surface area contributed by atoms with E-state index in [2.05, 4.69) is 24.3 Å². The summed E-state index contributed by atoms with van der Waals surface area (Å²) in [4.78, 5) is 4.87. The van der Waals surface area contributed by atoms with Crippen LogP contribution in [0.4, 0.5) is 5.82 Å². The fourth-order valence-electron chi connectivity index (χ4n) is 2.99. The Morgan fingerprint density at radius 3 is 2.68 bits per heavy atom. The molecule has 0 amide bonds. The van der Waals surface area contributed by atoms with Crippen molar-refractivity contribution in [2.45, 2.75) is 70.8 Å². The van der Waals surface area contributed by atoms with E-state index in [9.17, 15) is 0 Å². The highest BCUT2D eigenvalue weighted by atomic mass is 15.1. The van der Waals surface area contributed by atoms with E-state index >= 15 is 0 Å². The second-order valence-corrected chi connectivity index (χ2v) is 5.67. The zero-order valence-electron chi connectivity index (χ0n) is 12.2. The molecule has 0 spiro atoms. The number of hydrogen-bond acceptors (Lipinski definition) is 2. The van der Waals surface area contributed by atoms with E-state index in [-0.39, 0.29) is 0 Å². The molecule has 1 heterocycles. The fraction of sp³-hybridized carbons (Fsp3) is 0.688. The molecule has 1 aliphatic rings. The van der Waals surface area contributed by atoms with Gasteiger partial charge in [-0.2, -0.15) is 0 Å². The summed E-state index contributed by atoms with van der Waals surface area (Å²) in [5.41, 5.74) is 7.32. The minimum atomic E-state index is 0.404. The van der Waals surface area contributed by atoms with Gasteiger partial charge < -0.3 is 10.3 Å². The van der Waals surface area contributed by atoms with Crippen molar-refractivity contribution < 1.29 is 0 Å². The summed E-state index contributed by atoms with van der Waals surface area (Å²) < 4.78 is 2.07. The van der Waals surface area contributed by atoms with Gasteiger partial charge in [-0.1, -0.05) is 39.0 Å². The van der Waals surface area contributed by atoms with Gasteiger partial charge in [0, 0.05) is 11.8 Å². The number of imidazole rings is 1. The minimum absolute atomic E-state index is 0.404. The Bertz CT molecular complexity index is 461. The zero-order chi connectivity index (χ0) is 13.8. The van der Waals surface area contributed by atoms with E-state index in [0.717, 1.165) is 23.8 Å². The Kier molecular flexibility index (Phi) is 4.52. The van der Waals surface area contributed by atoms with Crippen molar-refractivity contribution in [1.29, 1.82) is 0 Å². The van der Waals surface area contributed by atoms with E-state index in [4.69, 9.17) is 17.1 Å². The summed E-state index contributed by atoms with van der Waals surface area (Å²) in [6, 6.07) is 0. The quantitative estimate of drug-likeness (QED) is 0.839. The molecule has 1 aliphatic carbocycles. The third kappa shape index (κ3) is 2.78. The molecule has 2 N–H and O–H groups in total. The molecule has 0 saturated heterocycles. The Balaban J connectivity index is 2.37. The Labute approximate surface area is 116 Å². The molecular weight excluding hydrogens is 234 g/mol. The van der Waals surface area contributed by atoms with Crippen LogP contribution >= 0.6 is 0 Å². The van der Waals surface area contributed by atoms with Crippen LogP contribution in [0.15, 0.2) is 0 Å². The third-order valence-corrected chi connectivity index (χ3v) is 4.36. The average molecular weight is 259 g/mol. The smallest absolute Gasteiger partial charge is 0.127 e. The molecule has 1 fully saturated rings. The van der Waals surface area contributed by atoms with Crippen molar-refractivity contribution in [3.8, 4) is 12.3 Å². The predicted octanol–water partition coefficient (Wildman–Crippen LogP) is 3.66. The van der Waals surface area contributed by atoms with Gasteiger partial charge in [-0.15, -0.1) is 6.42 Å². The summed E-state index contributed by atoms with van der Waals surface area (Å²) in [6.45, 7) is 4.90. The number of aromatic nitrogens is 2. The van der Waals surface area contributed by atoms with E-state index in [1.165, 1.54) is 32.1 Å². The van der Waals surface area contributed by atoms with Gasteiger partial charge in [-0.3, -0.25) is 0 Å². The topological polar surface area (TPSA) is 43.8 Å². The van der Waals surface area contributed by atoms with Gasteiger partial charge in [0.2, 0.25) is 0 Å². The number of nitrogens with two attached hydrogens (primary N) is 1. The van der Waals surface area contributed by atoms with Crippen LogP contribution in [-0.2, 0) is 6.54 Å². The molecule has 104 valence electrons. The predicted molar refractivity (Wildman–Crippen MR) is 80.0 cm³/mol. The lowest BCUT2D eigenvalue weighted by Crippen LogP contribution is -2.13. The van der Waals surface area contributed by atoms with E-state index in [1.807, 2.05) is 0 Å². The number of rotatable bonds is 4. The SMILES string of the molecule is C#CCn1c(C2CCCCC2)nc(C(C)CC)c1N. The van der Waals surface area contributed by atoms with Crippen LogP contribution in [0.3, 0.4) is 0 Å². The minimum Gasteiger partial charge on any atom is -0.384 e. The molecule has 1 unspecified atom stereocenters. The molecule has 0 bridgehead atoms. The van der Waals surface area contributed by atoms with E-state index < -0.39 is 0 Å². The molecule has 0 radical (unpaired) electrons. The molecule has 19 heavy (non-hydrogen) atoms. The van der Waals surface area contributed by atoms with Crippen molar-refractivity contribution in [3.63, 3.8) is 0 Å². The van der Waals surface area contributed by atoms with Crippen molar-refractivity contribution in [3.05, 3.63) is 11.5 Å². The summed E-state index contributed by atoms with van der Waals surface area (Å²) >= 11 is 0. The first-order valence-corrected chi connectivity index (χ1v) is 7.48. The van der Waals surface area contributed by atoms with Crippen molar-refractivity contribution in [2.75, 3.05) is 5.73 Å². The van der Waals surface area contributed by atoms with Gasteiger partial charge in [0.25, 0.3) is 0 Å². The Morgan fingerprint density at radius 2 is 2.11 bits per heavy atom. The highest BCUT2D eigenvalue weighted by Gasteiger charge is 2.25. The molecule has 1 aromatic rings. The van der Waals surface area contributed by atoms with Crippen LogP contribution in [0.1, 0.15) is 75.7 Å². The maximum atomic E-state index is 6.28. The fourth-order valence-corrected chi connectivity index (χ4v) is 2.99. The summed E-state index contributed by atoms with van der Waals surface area (Å²) in [5, 5.41) is 0. The van der Waals surface area contributed by atoms with Gasteiger partial charge in [0.05, 0.1) is 12.2 Å². The lowest BCUT2D eigenvalue weighted by molar-refractivity contribution is 0.419. The van der Waals surface area contributed by atoms with Crippen molar-refractivity contribution in [2.24, 2.45) is 0 Å². The maximum Gasteiger partial charge on any atom is 0.127 e. The van der Waals surface area contributed by atoms with Crippen LogP contribution in [0.2, 0.25) is 0 Å².